The van der Waals surface area contributed by atoms with Gasteiger partial charge in [-0.1, -0.05) is 23.2 Å². The third kappa shape index (κ3) is 3.96. The molecule has 1 atom stereocenters. The van der Waals surface area contributed by atoms with E-state index >= 15 is 0 Å². The standard InChI is InChI=1S/C17H10Cl2F3N3O3/c18-10-1-4-15(25(27)28)12(5-10)16(26)9-7-23-24(8-9)11-2-3-14(19)13(6-11)17(20,21)22/h1-8,16,26H. The Morgan fingerprint density at radius 2 is 1.89 bits per heavy atom. The Morgan fingerprint density at radius 3 is 2.54 bits per heavy atom. The highest BCUT2D eigenvalue weighted by atomic mass is 35.5. The fourth-order valence-corrected chi connectivity index (χ4v) is 2.99. The number of hydrogen-bond acceptors (Lipinski definition) is 4. The van der Waals surface area contributed by atoms with Crippen LogP contribution < -0.4 is 0 Å². The number of aliphatic hydroxyl groups is 1. The summed E-state index contributed by atoms with van der Waals surface area (Å²) >= 11 is 11.5. The van der Waals surface area contributed by atoms with Crippen LogP contribution in [0.15, 0.2) is 48.8 Å². The molecule has 1 unspecified atom stereocenters. The Morgan fingerprint density at radius 1 is 1.18 bits per heavy atom. The van der Waals surface area contributed by atoms with E-state index in [4.69, 9.17) is 23.2 Å². The first kappa shape index (κ1) is 20.1. The molecular formula is C17H10Cl2F3N3O3. The number of aliphatic hydroxyl groups excluding tert-OH is 1. The van der Waals surface area contributed by atoms with Crippen molar-refractivity contribution in [3.8, 4) is 5.69 Å². The second-order valence-corrected chi connectivity index (χ2v) is 6.59. The zero-order valence-electron chi connectivity index (χ0n) is 13.7. The van der Waals surface area contributed by atoms with Crippen molar-refractivity contribution in [1.29, 1.82) is 0 Å². The van der Waals surface area contributed by atoms with E-state index in [0.29, 0.717) is 0 Å². The van der Waals surface area contributed by atoms with Crippen molar-refractivity contribution in [2.75, 3.05) is 0 Å². The van der Waals surface area contributed by atoms with Gasteiger partial charge in [-0.2, -0.15) is 18.3 Å². The van der Waals surface area contributed by atoms with Crippen LogP contribution >= 0.6 is 23.2 Å². The second-order valence-electron chi connectivity index (χ2n) is 5.74. The maximum absolute atomic E-state index is 13.0. The van der Waals surface area contributed by atoms with Crippen LogP contribution in [-0.4, -0.2) is 19.8 Å². The number of halogens is 5. The predicted molar refractivity (Wildman–Crippen MR) is 95.7 cm³/mol. The molecular weight excluding hydrogens is 422 g/mol. The summed E-state index contributed by atoms with van der Waals surface area (Å²) < 4.78 is 40.2. The minimum absolute atomic E-state index is 0.0516. The quantitative estimate of drug-likeness (QED) is 0.455. The largest absolute Gasteiger partial charge is 0.417 e. The molecule has 0 bridgehead atoms. The Kier molecular flexibility index (Phi) is 5.33. The van der Waals surface area contributed by atoms with Gasteiger partial charge in [-0.05, 0) is 30.3 Å². The van der Waals surface area contributed by atoms with Gasteiger partial charge in [0.15, 0.2) is 0 Å². The van der Waals surface area contributed by atoms with Crippen LogP contribution in [0.25, 0.3) is 5.69 Å². The highest BCUT2D eigenvalue weighted by Crippen LogP contribution is 2.36. The molecule has 28 heavy (non-hydrogen) atoms. The van der Waals surface area contributed by atoms with Gasteiger partial charge in [0.2, 0.25) is 0 Å². The predicted octanol–water partition coefficient (Wildman–Crippen LogP) is 5.19. The van der Waals surface area contributed by atoms with E-state index in [1.807, 2.05) is 0 Å². The van der Waals surface area contributed by atoms with Crippen molar-refractivity contribution in [1.82, 2.24) is 9.78 Å². The molecule has 0 amide bonds. The SMILES string of the molecule is O=[N+]([O-])c1ccc(Cl)cc1C(O)c1cnn(-c2ccc(Cl)c(C(F)(F)F)c2)c1. The first-order chi connectivity index (χ1) is 13.1. The fraction of sp³-hybridized carbons (Fsp3) is 0.118. The van der Waals surface area contributed by atoms with Crippen LogP contribution in [0.2, 0.25) is 10.0 Å². The Balaban J connectivity index is 2.00. The second kappa shape index (κ2) is 7.42. The van der Waals surface area contributed by atoms with Gasteiger partial charge in [0.05, 0.1) is 33.0 Å². The van der Waals surface area contributed by atoms with Crippen LogP contribution in [0.3, 0.4) is 0 Å². The molecule has 1 aromatic heterocycles. The molecule has 1 N–H and O–H groups in total. The molecule has 11 heteroatoms. The smallest absolute Gasteiger partial charge is 0.383 e. The Hall–Kier alpha value is -2.62. The van der Waals surface area contributed by atoms with E-state index in [0.717, 1.165) is 22.9 Å². The summed E-state index contributed by atoms with van der Waals surface area (Å²) in [6.07, 6.45) is -3.65. The molecule has 0 spiro atoms. The first-order valence-electron chi connectivity index (χ1n) is 7.61. The minimum atomic E-state index is -4.65. The van der Waals surface area contributed by atoms with Crippen LogP contribution in [0.5, 0.6) is 0 Å². The Labute approximate surface area is 165 Å². The molecule has 0 saturated carbocycles. The van der Waals surface area contributed by atoms with Gasteiger partial charge in [-0.3, -0.25) is 10.1 Å². The third-order valence-electron chi connectivity index (χ3n) is 3.92. The molecule has 0 aliphatic heterocycles. The summed E-state index contributed by atoms with van der Waals surface area (Å²) in [5, 5.41) is 25.3. The van der Waals surface area contributed by atoms with E-state index in [1.54, 1.807) is 0 Å². The molecule has 0 fully saturated rings. The number of nitro groups is 1. The molecule has 6 nitrogen and oxygen atoms in total. The average molecular weight is 432 g/mol. The van der Waals surface area contributed by atoms with Gasteiger partial charge in [-0.15, -0.1) is 0 Å². The molecule has 2 aromatic carbocycles. The number of aromatic nitrogens is 2. The number of alkyl halides is 3. The van der Waals surface area contributed by atoms with Crippen LogP contribution in [0, 0.1) is 10.1 Å². The molecule has 0 aliphatic carbocycles. The lowest BCUT2D eigenvalue weighted by Crippen LogP contribution is -2.07. The molecule has 0 saturated heterocycles. The fourth-order valence-electron chi connectivity index (χ4n) is 2.58. The van der Waals surface area contributed by atoms with E-state index < -0.39 is 27.8 Å². The van der Waals surface area contributed by atoms with Gasteiger partial charge in [0.25, 0.3) is 5.69 Å². The normalized spacial score (nSPS) is 12.8. The zero-order valence-corrected chi connectivity index (χ0v) is 15.2. The van der Waals surface area contributed by atoms with Crippen molar-refractivity contribution < 1.29 is 23.2 Å². The van der Waals surface area contributed by atoms with Gasteiger partial charge in [0.1, 0.15) is 6.10 Å². The monoisotopic (exact) mass is 431 g/mol. The molecule has 146 valence electrons. The van der Waals surface area contributed by atoms with Crippen molar-refractivity contribution in [3.63, 3.8) is 0 Å². The lowest BCUT2D eigenvalue weighted by molar-refractivity contribution is -0.386. The molecule has 0 aliphatic rings. The summed E-state index contributed by atoms with van der Waals surface area (Å²) in [4.78, 5) is 10.5. The highest BCUT2D eigenvalue weighted by Gasteiger charge is 2.33. The number of nitro benzene ring substituents is 1. The molecule has 0 radical (unpaired) electrons. The van der Waals surface area contributed by atoms with Gasteiger partial charge >= 0.3 is 6.18 Å². The minimum Gasteiger partial charge on any atom is -0.383 e. The number of nitrogens with zero attached hydrogens (tertiary/aromatic N) is 3. The van der Waals surface area contributed by atoms with Crippen LogP contribution in [-0.2, 0) is 6.18 Å². The van der Waals surface area contributed by atoms with Gasteiger partial charge in [-0.25, -0.2) is 4.68 Å². The van der Waals surface area contributed by atoms with Gasteiger partial charge in [0, 0.05) is 22.8 Å². The van der Waals surface area contributed by atoms with Crippen molar-refractivity contribution >= 4 is 28.9 Å². The maximum Gasteiger partial charge on any atom is 0.417 e. The van der Waals surface area contributed by atoms with Crippen LogP contribution in [0.4, 0.5) is 18.9 Å². The van der Waals surface area contributed by atoms with Gasteiger partial charge < -0.3 is 5.11 Å². The van der Waals surface area contributed by atoms with E-state index in [-0.39, 0.29) is 27.5 Å². The number of hydrogen-bond donors (Lipinski definition) is 1. The molecule has 3 aromatic rings. The lowest BCUT2D eigenvalue weighted by atomic mass is 10.0. The van der Waals surface area contributed by atoms with Crippen molar-refractivity contribution in [2.45, 2.75) is 12.3 Å². The first-order valence-corrected chi connectivity index (χ1v) is 8.37. The Bertz CT molecular complexity index is 1050. The zero-order chi connectivity index (χ0) is 20.6. The average Bonchev–Trinajstić information content (AvgIpc) is 3.10. The summed E-state index contributed by atoms with van der Waals surface area (Å²) in [6.45, 7) is 0. The van der Waals surface area contributed by atoms with E-state index in [9.17, 15) is 28.4 Å². The summed E-state index contributed by atoms with van der Waals surface area (Å²) in [6, 6.07) is 6.92. The summed E-state index contributed by atoms with van der Waals surface area (Å²) in [5.74, 6) is 0. The van der Waals surface area contributed by atoms with Crippen LogP contribution in [0.1, 0.15) is 22.8 Å². The van der Waals surface area contributed by atoms with Crippen molar-refractivity contribution in [3.05, 3.63) is 85.6 Å². The third-order valence-corrected chi connectivity index (χ3v) is 4.48. The summed E-state index contributed by atoms with van der Waals surface area (Å²) in [5.41, 5.74) is -1.26. The van der Waals surface area contributed by atoms with E-state index in [1.165, 1.54) is 30.6 Å². The molecule has 1 heterocycles. The molecule has 3 rings (SSSR count). The van der Waals surface area contributed by atoms with Crippen molar-refractivity contribution in [2.24, 2.45) is 0 Å². The lowest BCUT2D eigenvalue weighted by Gasteiger charge is -2.11. The number of rotatable bonds is 4. The number of benzene rings is 2. The summed E-state index contributed by atoms with van der Waals surface area (Å²) in [7, 11) is 0. The highest BCUT2D eigenvalue weighted by molar-refractivity contribution is 6.31. The maximum atomic E-state index is 13.0. The topological polar surface area (TPSA) is 81.2 Å². The van der Waals surface area contributed by atoms with E-state index in [2.05, 4.69) is 5.10 Å².